The van der Waals surface area contributed by atoms with E-state index in [1.165, 1.54) is 6.07 Å². The number of aryl methyl sites for hydroxylation is 1. The van der Waals surface area contributed by atoms with Gasteiger partial charge < -0.3 is 4.74 Å². The van der Waals surface area contributed by atoms with Crippen molar-refractivity contribution in [2.24, 2.45) is 0 Å². The Morgan fingerprint density at radius 3 is 2.83 bits per heavy atom. The molecule has 0 radical (unpaired) electrons. The smallest absolute Gasteiger partial charge is 0.387 e. The fraction of sp³-hybridized carbons (Fsp3) is 0.333. The Morgan fingerprint density at radius 1 is 1.33 bits per heavy atom. The second-order valence-corrected chi connectivity index (χ2v) is 3.73. The van der Waals surface area contributed by atoms with Crippen molar-refractivity contribution in [2.75, 3.05) is 0 Å². The summed E-state index contributed by atoms with van der Waals surface area (Å²) in [6.07, 6.45) is 1.70. The Balaban J connectivity index is 2.30. The van der Waals surface area contributed by atoms with Crippen LogP contribution in [0.5, 0.6) is 5.75 Å². The van der Waals surface area contributed by atoms with Crippen molar-refractivity contribution in [1.29, 1.82) is 0 Å². The number of nitrogens with one attached hydrogen (secondary N) is 1. The molecule has 6 heteroatoms. The number of benzene rings is 1. The van der Waals surface area contributed by atoms with Crippen LogP contribution in [0, 0.1) is 0 Å². The predicted molar refractivity (Wildman–Crippen MR) is 62.4 cm³/mol. The van der Waals surface area contributed by atoms with Crippen molar-refractivity contribution in [1.82, 2.24) is 15.2 Å². The van der Waals surface area contributed by atoms with Gasteiger partial charge in [0.1, 0.15) is 11.6 Å². The van der Waals surface area contributed by atoms with Crippen molar-refractivity contribution < 1.29 is 13.5 Å². The highest BCUT2D eigenvalue weighted by Crippen LogP contribution is 2.28. The van der Waals surface area contributed by atoms with Crippen molar-refractivity contribution in [2.45, 2.75) is 26.4 Å². The minimum absolute atomic E-state index is 0.0783. The summed E-state index contributed by atoms with van der Waals surface area (Å²) in [7, 11) is 0. The van der Waals surface area contributed by atoms with Gasteiger partial charge in [-0.25, -0.2) is 4.98 Å². The van der Waals surface area contributed by atoms with Gasteiger partial charge in [-0.1, -0.05) is 19.1 Å². The zero-order valence-electron chi connectivity index (χ0n) is 9.86. The lowest BCUT2D eigenvalue weighted by Crippen LogP contribution is -2.03. The summed E-state index contributed by atoms with van der Waals surface area (Å²) in [5.41, 5.74) is 0.455. The molecule has 0 aliphatic rings. The number of ether oxygens (including phenoxy) is 1. The number of nitrogens with zero attached hydrogens (tertiary/aromatic N) is 2. The van der Waals surface area contributed by atoms with Gasteiger partial charge in [0.05, 0.1) is 5.56 Å². The Kier molecular flexibility index (Phi) is 3.86. The number of hydrogen-bond acceptors (Lipinski definition) is 3. The molecule has 0 aliphatic carbocycles. The van der Waals surface area contributed by atoms with Gasteiger partial charge >= 0.3 is 6.61 Å². The number of aromatic amines is 1. The predicted octanol–water partition coefficient (Wildman–Crippen LogP) is 3.03. The molecule has 1 aromatic carbocycles. The summed E-state index contributed by atoms with van der Waals surface area (Å²) in [4.78, 5) is 4.25. The SMILES string of the molecule is CCCc1nc(-c2ccccc2OC(F)F)n[nH]1. The Labute approximate surface area is 103 Å². The first kappa shape index (κ1) is 12.5. The highest BCUT2D eigenvalue weighted by molar-refractivity contribution is 5.63. The fourth-order valence-corrected chi connectivity index (χ4v) is 1.61. The molecule has 0 saturated heterocycles. The van der Waals surface area contributed by atoms with Gasteiger partial charge in [-0.15, -0.1) is 0 Å². The number of H-pyrrole nitrogens is 1. The van der Waals surface area contributed by atoms with E-state index in [4.69, 9.17) is 0 Å². The Hall–Kier alpha value is -1.98. The molecule has 0 saturated carbocycles. The average molecular weight is 253 g/mol. The summed E-state index contributed by atoms with van der Waals surface area (Å²) in [6, 6.07) is 6.47. The monoisotopic (exact) mass is 253 g/mol. The van der Waals surface area contributed by atoms with Crippen LogP contribution in [0.25, 0.3) is 11.4 Å². The number of para-hydroxylation sites is 1. The average Bonchev–Trinajstić information content (AvgIpc) is 2.78. The normalized spacial score (nSPS) is 10.9. The summed E-state index contributed by atoms with van der Waals surface area (Å²) < 4.78 is 29.0. The fourth-order valence-electron chi connectivity index (χ4n) is 1.61. The van der Waals surface area contributed by atoms with E-state index in [-0.39, 0.29) is 5.75 Å². The van der Waals surface area contributed by atoms with E-state index in [2.05, 4.69) is 19.9 Å². The topological polar surface area (TPSA) is 50.8 Å². The molecule has 0 unspecified atom stereocenters. The molecule has 0 spiro atoms. The van der Waals surface area contributed by atoms with Crippen molar-refractivity contribution in [3.05, 3.63) is 30.1 Å². The summed E-state index contributed by atoms with van der Waals surface area (Å²) >= 11 is 0. The molecule has 0 atom stereocenters. The van der Waals surface area contributed by atoms with Crippen LogP contribution in [0.3, 0.4) is 0 Å². The molecule has 0 aliphatic heterocycles. The number of hydrogen-bond donors (Lipinski definition) is 1. The largest absolute Gasteiger partial charge is 0.434 e. The number of halogens is 2. The van der Waals surface area contributed by atoms with E-state index in [0.29, 0.717) is 11.4 Å². The molecule has 1 heterocycles. The van der Waals surface area contributed by atoms with Crippen molar-refractivity contribution in [3.63, 3.8) is 0 Å². The maximum Gasteiger partial charge on any atom is 0.387 e. The quantitative estimate of drug-likeness (QED) is 0.891. The third kappa shape index (κ3) is 2.82. The summed E-state index contributed by atoms with van der Waals surface area (Å²) in [5, 5.41) is 6.79. The van der Waals surface area contributed by atoms with Crippen molar-refractivity contribution >= 4 is 0 Å². The van der Waals surface area contributed by atoms with E-state index in [1.807, 2.05) is 6.92 Å². The van der Waals surface area contributed by atoms with Crippen LogP contribution in [0.2, 0.25) is 0 Å². The first-order valence-corrected chi connectivity index (χ1v) is 5.66. The van der Waals surface area contributed by atoms with Gasteiger partial charge in [0.2, 0.25) is 0 Å². The van der Waals surface area contributed by atoms with Gasteiger partial charge in [0.15, 0.2) is 5.82 Å². The summed E-state index contributed by atoms with van der Waals surface area (Å²) in [5.74, 6) is 1.18. The number of alkyl halides is 2. The number of rotatable bonds is 5. The Morgan fingerprint density at radius 2 is 2.11 bits per heavy atom. The zero-order chi connectivity index (χ0) is 13.0. The van der Waals surface area contributed by atoms with Crippen LogP contribution in [0.15, 0.2) is 24.3 Å². The summed E-state index contributed by atoms with van der Waals surface area (Å²) in [6.45, 7) is -0.837. The van der Waals surface area contributed by atoms with Gasteiger partial charge in [0, 0.05) is 6.42 Å². The van der Waals surface area contributed by atoms with Crippen LogP contribution < -0.4 is 4.74 Å². The first-order chi connectivity index (χ1) is 8.70. The second-order valence-electron chi connectivity index (χ2n) is 3.73. The standard InChI is InChI=1S/C12H13F2N3O/c1-2-5-10-15-11(17-16-10)8-6-3-4-7-9(8)18-12(13)14/h3-4,6-7,12H,2,5H2,1H3,(H,15,16,17). The molecule has 96 valence electrons. The van der Waals surface area contributed by atoms with E-state index in [0.717, 1.165) is 18.7 Å². The van der Waals surface area contributed by atoms with Crippen LogP contribution in [-0.4, -0.2) is 21.8 Å². The van der Waals surface area contributed by atoms with Crippen molar-refractivity contribution in [3.8, 4) is 17.1 Å². The molecule has 2 rings (SSSR count). The highest BCUT2D eigenvalue weighted by Gasteiger charge is 2.14. The van der Waals surface area contributed by atoms with E-state index < -0.39 is 6.61 Å². The molecule has 0 amide bonds. The third-order valence-corrected chi connectivity index (χ3v) is 2.36. The molecular formula is C12H13F2N3O. The van der Waals surface area contributed by atoms with Crippen LogP contribution >= 0.6 is 0 Å². The lowest BCUT2D eigenvalue weighted by Gasteiger charge is -2.07. The van der Waals surface area contributed by atoms with Crippen LogP contribution in [0.1, 0.15) is 19.2 Å². The Bertz CT molecular complexity index is 514. The maximum atomic E-state index is 12.3. The first-order valence-electron chi connectivity index (χ1n) is 5.66. The molecule has 18 heavy (non-hydrogen) atoms. The third-order valence-electron chi connectivity index (χ3n) is 2.36. The van der Waals surface area contributed by atoms with Crippen LogP contribution in [0.4, 0.5) is 8.78 Å². The van der Waals surface area contributed by atoms with E-state index in [1.54, 1.807) is 18.2 Å². The van der Waals surface area contributed by atoms with Gasteiger partial charge in [0.25, 0.3) is 0 Å². The number of aromatic nitrogens is 3. The highest BCUT2D eigenvalue weighted by atomic mass is 19.3. The second kappa shape index (κ2) is 5.57. The molecule has 0 bridgehead atoms. The van der Waals surface area contributed by atoms with Crippen LogP contribution in [-0.2, 0) is 6.42 Å². The van der Waals surface area contributed by atoms with E-state index in [9.17, 15) is 8.78 Å². The lowest BCUT2D eigenvalue weighted by molar-refractivity contribution is -0.0494. The molecule has 1 N–H and O–H groups in total. The van der Waals surface area contributed by atoms with E-state index >= 15 is 0 Å². The molecule has 0 fully saturated rings. The minimum atomic E-state index is -2.86. The molecule has 4 nitrogen and oxygen atoms in total. The maximum absolute atomic E-state index is 12.3. The van der Waals surface area contributed by atoms with Gasteiger partial charge in [-0.2, -0.15) is 13.9 Å². The van der Waals surface area contributed by atoms with Gasteiger partial charge in [-0.3, -0.25) is 5.10 Å². The minimum Gasteiger partial charge on any atom is -0.434 e. The molecule has 2 aromatic rings. The zero-order valence-corrected chi connectivity index (χ0v) is 9.86. The lowest BCUT2D eigenvalue weighted by atomic mass is 10.2. The molecular weight excluding hydrogens is 240 g/mol. The molecule has 1 aromatic heterocycles. The van der Waals surface area contributed by atoms with Gasteiger partial charge in [-0.05, 0) is 18.6 Å².